The van der Waals surface area contributed by atoms with Crippen molar-refractivity contribution in [2.75, 3.05) is 56.9 Å². The van der Waals surface area contributed by atoms with E-state index in [-0.39, 0.29) is 36.5 Å². The van der Waals surface area contributed by atoms with Gasteiger partial charge in [0.1, 0.15) is 11.9 Å². The fourth-order valence-electron chi connectivity index (χ4n) is 5.61. The molecular weight excluding hydrogens is 522 g/mol. The van der Waals surface area contributed by atoms with Crippen LogP contribution >= 0.6 is 11.6 Å². The van der Waals surface area contributed by atoms with E-state index in [0.717, 1.165) is 43.1 Å². The lowest BCUT2D eigenvalue weighted by Gasteiger charge is -2.38. The molecule has 5 atom stereocenters. The predicted molar refractivity (Wildman–Crippen MR) is 151 cm³/mol. The minimum Gasteiger partial charge on any atom is -0.490 e. The first-order chi connectivity index (χ1) is 18.8. The molecule has 3 heterocycles. The summed E-state index contributed by atoms with van der Waals surface area (Å²) in [6.45, 7) is 7.79. The highest BCUT2D eigenvalue weighted by Crippen LogP contribution is 2.36. The third-order valence-electron chi connectivity index (χ3n) is 7.82. The minimum atomic E-state index is -0.802. The van der Waals surface area contributed by atoms with Gasteiger partial charge in [0.2, 0.25) is 5.88 Å². The number of anilines is 2. The Labute approximate surface area is 235 Å². The summed E-state index contributed by atoms with van der Waals surface area (Å²) in [5.41, 5.74) is 1.91. The first-order valence-corrected chi connectivity index (χ1v) is 14.0. The molecule has 2 aliphatic heterocycles. The molecule has 2 aromatic rings. The number of carbonyl (C=O) groups is 1. The largest absolute Gasteiger partial charge is 0.490 e. The van der Waals surface area contributed by atoms with Gasteiger partial charge < -0.3 is 33.9 Å². The summed E-state index contributed by atoms with van der Waals surface area (Å²) in [4.78, 5) is 20.2. The van der Waals surface area contributed by atoms with Crippen molar-refractivity contribution < 1.29 is 28.8 Å². The van der Waals surface area contributed by atoms with Crippen LogP contribution < -0.4 is 19.3 Å². The molecule has 2 unspecified atom stereocenters. The number of nitrogens with zero attached hydrogens (tertiary/aromatic N) is 3. The number of hydrogen-bond acceptors (Lipinski definition) is 8. The number of hydrogen-bond donors (Lipinski definition) is 1. The van der Waals surface area contributed by atoms with Crippen LogP contribution in [0, 0.1) is 11.8 Å². The van der Waals surface area contributed by atoms with E-state index in [1.807, 2.05) is 30.3 Å². The van der Waals surface area contributed by atoms with Crippen LogP contribution in [0.2, 0.25) is 5.02 Å². The number of carboxylic acid groups (broad SMARTS) is 1. The Morgan fingerprint density at radius 3 is 2.56 bits per heavy atom. The molecule has 0 saturated carbocycles. The normalized spacial score (nSPS) is 25.1. The highest BCUT2D eigenvalue weighted by molar-refractivity contribution is 6.33. The number of ether oxygens (including phenoxy) is 4. The number of aromatic nitrogens is 1. The highest BCUT2D eigenvalue weighted by Gasteiger charge is 2.41. The Morgan fingerprint density at radius 1 is 1.13 bits per heavy atom. The van der Waals surface area contributed by atoms with Gasteiger partial charge in [0.25, 0.3) is 0 Å². The van der Waals surface area contributed by atoms with E-state index in [1.54, 1.807) is 20.4 Å². The van der Waals surface area contributed by atoms with E-state index in [1.165, 1.54) is 0 Å². The summed E-state index contributed by atoms with van der Waals surface area (Å²) in [5, 5.41) is 10.2. The van der Waals surface area contributed by atoms with Gasteiger partial charge in [-0.25, -0.2) is 4.98 Å². The minimum absolute atomic E-state index is 0.0259. The SMILES string of the molecule is COCCCO[C@H]1CN(c2ccc(OC3CCN(c4cc(OC)ncc4Cl)CC3C)cc2)[C@@H](CC(=O)O)[C@@H]1C. The zero-order valence-electron chi connectivity index (χ0n) is 23.2. The molecule has 1 aromatic heterocycles. The van der Waals surface area contributed by atoms with Crippen molar-refractivity contribution in [1.29, 1.82) is 0 Å². The third-order valence-corrected chi connectivity index (χ3v) is 8.11. The van der Waals surface area contributed by atoms with E-state index in [2.05, 4.69) is 28.6 Å². The first-order valence-electron chi connectivity index (χ1n) is 13.6. The second-order valence-corrected chi connectivity index (χ2v) is 10.9. The summed E-state index contributed by atoms with van der Waals surface area (Å²) in [6, 6.07) is 9.74. The first kappa shape index (κ1) is 29.2. The molecule has 0 spiro atoms. The van der Waals surface area contributed by atoms with Crippen LogP contribution in [-0.2, 0) is 14.3 Å². The topological polar surface area (TPSA) is 93.6 Å². The van der Waals surface area contributed by atoms with Crippen LogP contribution in [-0.4, -0.2) is 81.4 Å². The molecule has 214 valence electrons. The Balaban J connectivity index is 1.37. The van der Waals surface area contributed by atoms with Crippen LogP contribution in [0.15, 0.2) is 36.5 Å². The van der Waals surface area contributed by atoms with Crippen LogP contribution in [0.5, 0.6) is 11.6 Å². The molecule has 1 N–H and O–H groups in total. The number of halogens is 1. The maximum absolute atomic E-state index is 11.6. The molecule has 9 nitrogen and oxygen atoms in total. The van der Waals surface area contributed by atoms with Gasteiger partial charge in [0.15, 0.2) is 0 Å². The van der Waals surface area contributed by atoms with Gasteiger partial charge in [-0.1, -0.05) is 25.4 Å². The number of piperidine rings is 1. The molecule has 1 aromatic carbocycles. The Kier molecular flexibility index (Phi) is 10.2. The van der Waals surface area contributed by atoms with Gasteiger partial charge in [-0.15, -0.1) is 0 Å². The zero-order valence-corrected chi connectivity index (χ0v) is 24.0. The van der Waals surface area contributed by atoms with Crippen molar-refractivity contribution >= 4 is 28.9 Å². The maximum Gasteiger partial charge on any atom is 0.305 e. The Bertz CT molecular complexity index is 1090. The summed E-state index contributed by atoms with van der Waals surface area (Å²) in [5.74, 6) is 0.928. The van der Waals surface area contributed by atoms with E-state index in [4.69, 9.17) is 30.5 Å². The summed E-state index contributed by atoms with van der Waals surface area (Å²) >= 11 is 6.42. The van der Waals surface area contributed by atoms with Crippen molar-refractivity contribution in [2.45, 2.75) is 51.4 Å². The second kappa shape index (κ2) is 13.5. The standard InChI is InChI=1S/C29H40ClN3O6/c1-19-17-32(25-14-28(37-4)31-16-23(25)30)11-10-26(19)39-22-8-6-21(7-9-22)33-18-27(38-13-5-12-36-3)20(2)24(33)15-29(34)35/h6-9,14,16,19-20,24,26-27H,5,10-13,15,17-18H2,1-4H3,(H,34,35)/t19?,20-,24-,26?,27-/m0/s1. The number of aliphatic carboxylic acids is 1. The lowest BCUT2D eigenvalue weighted by molar-refractivity contribution is -0.137. The van der Waals surface area contributed by atoms with Crippen molar-refractivity contribution in [3.05, 3.63) is 41.6 Å². The predicted octanol–water partition coefficient (Wildman–Crippen LogP) is 4.76. The Hall–Kier alpha value is -2.75. The van der Waals surface area contributed by atoms with Crippen molar-refractivity contribution in [3.8, 4) is 11.6 Å². The summed E-state index contributed by atoms with van der Waals surface area (Å²) < 4.78 is 22.9. The summed E-state index contributed by atoms with van der Waals surface area (Å²) in [7, 11) is 3.28. The Morgan fingerprint density at radius 2 is 1.90 bits per heavy atom. The number of benzene rings is 1. The zero-order chi connectivity index (χ0) is 27.9. The highest BCUT2D eigenvalue weighted by atomic mass is 35.5. The molecule has 0 radical (unpaired) electrons. The third kappa shape index (κ3) is 7.26. The molecule has 2 fully saturated rings. The quantitative estimate of drug-likeness (QED) is 0.368. The number of methoxy groups -OCH3 is 2. The number of rotatable bonds is 12. The second-order valence-electron chi connectivity index (χ2n) is 10.5. The smallest absolute Gasteiger partial charge is 0.305 e. The van der Waals surface area contributed by atoms with Crippen LogP contribution in [0.1, 0.15) is 33.1 Å². The van der Waals surface area contributed by atoms with Crippen molar-refractivity contribution in [2.24, 2.45) is 11.8 Å². The molecule has 0 amide bonds. The fourth-order valence-corrected chi connectivity index (χ4v) is 5.84. The van der Waals surface area contributed by atoms with Gasteiger partial charge >= 0.3 is 5.97 Å². The molecule has 39 heavy (non-hydrogen) atoms. The van der Waals surface area contributed by atoms with Crippen LogP contribution in [0.25, 0.3) is 0 Å². The van der Waals surface area contributed by atoms with E-state index in [9.17, 15) is 9.90 Å². The lowest BCUT2D eigenvalue weighted by atomic mass is 9.96. The molecule has 10 heteroatoms. The molecule has 0 bridgehead atoms. The summed E-state index contributed by atoms with van der Waals surface area (Å²) in [6.07, 6.45) is 3.42. The van der Waals surface area contributed by atoms with Gasteiger partial charge in [-0.3, -0.25) is 4.79 Å². The van der Waals surface area contributed by atoms with Crippen molar-refractivity contribution in [1.82, 2.24) is 4.98 Å². The van der Waals surface area contributed by atoms with E-state index in [0.29, 0.717) is 30.7 Å². The van der Waals surface area contributed by atoms with Gasteiger partial charge in [0, 0.05) is 76.0 Å². The molecule has 0 aliphatic carbocycles. The molecule has 4 rings (SSSR count). The van der Waals surface area contributed by atoms with Crippen LogP contribution in [0.3, 0.4) is 0 Å². The van der Waals surface area contributed by atoms with Gasteiger partial charge in [-0.2, -0.15) is 0 Å². The van der Waals surface area contributed by atoms with E-state index < -0.39 is 5.97 Å². The average Bonchev–Trinajstić information content (AvgIpc) is 3.22. The number of carboxylic acids is 1. The average molecular weight is 562 g/mol. The van der Waals surface area contributed by atoms with Gasteiger partial charge in [0.05, 0.1) is 36.5 Å². The molecule has 2 aliphatic rings. The van der Waals surface area contributed by atoms with E-state index >= 15 is 0 Å². The molecular formula is C29H40ClN3O6. The lowest BCUT2D eigenvalue weighted by Crippen LogP contribution is -2.44. The van der Waals surface area contributed by atoms with Crippen LogP contribution in [0.4, 0.5) is 11.4 Å². The van der Waals surface area contributed by atoms with Crippen molar-refractivity contribution in [3.63, 3.8) is 0 Å². The maximum atomic E-state index is 11.6. The molecule has 2 saturated heterocycles. The fraction of sp³-hybridized carbons (Fsp3) is 0.586. The van der Waals surface area contributed by atoms with Gasteiger partial charge in [-0.05, 0) is 30.7 Å². The monoisotopic (exact) mass is 561 g/mol. The number of pyridine rings is 1.